The summed E-state index contributed by atoms with van der Waals surface area (Å²) < 4.78 is 6.01. The number of hydrogen-bond acceptors (Lipinski definition) is 3. The van der Waals surface area contributed by atoms with Gasteiger partial charge < -0.3 is 19.9 Å². The van der Waals surface area contributed by atoms with Crippen molar-refractivity contribution in [3.05, 3.63) is 35.4 Å². The van der Waals surface area contributed by atoms with Crippen molar-refractivity contribution < 1.29 is 4.74 Å². The van der Waals surface area contributed by atoms with Crippen LogP contribution in [0.5, 0.6) is 0 Å². The number of guanidine groups is 1. The Bertz CT molecular complexity index is 544. The molecule has 5 nitrogen and oxygen atoms in total. The van der Waals surface area contributed by atoms with Crippen LogP contribution in [0.2, 0.25) is 0 Å². The van der Waals surface area contributed by atoms with Gasteiger partial charge in [0.2, 0.25) is 0 Å². The molecule has 1 aromatic rings. The first-order valence-electron chi connectivity index (χ1n) is 8.86. The quantitative estimate of drug-likeness (QED) is 0.663. The zero-order valence-corrected chi connectivity index (χ0v) is 15.7. The van der Waals surface area contributed by atoms with E-state index in [9.17, 15) is 0 Å². The summed E-state index contributed by atoms with van der Waals surface area (Å²) in [5, 5.41) is 3.49. The van der Waals surface area contributed by atoms with Gasteiger partial charge in [-0.3, -0.25) is 4.99 Å². The molecule has 1 aliphatic heterocycles. The third-order valence-corrected chi connectivity index (χ3v) is 4.74. The summed E-state index contributed by atoms with van der Waals surface area (Å²) in [6, 6.07) is 9.02. The molecule has 24 heavy (non-hydrogen) atoms. The van der Waals surface area contributed by atoms with E-state index < -0.39 is 0 Å². The summed E-state index contributed by atoms with van der Waals surface area (Å²) in [6.07, 6.45) is 0.108. The second-order valence-corrected chi connectivity index (χ2v) is 6.71. The molecule has 5 heteroatoms. The van der Waals surface area contributed by atoms with Crippen LogP contribution in [0.4, 0.5) is 0 Å². The minimum atomic E-state index is 0.108. The third kappa shape index (κ3) is 4.95. The van der Waals surface area contributed by atoms with E-state index in [4.69, 9.17) is 4.74 Å². The number of ether oxygens (including phenoxy) is 1. The molecule has 1 fully saturated rings. The van der Waals surface area contributed by atoms with E-state index in [1.54, 1.807) is 0 Å². The fourth-order valence-electron chi connectivity index (χ4n) is 2.91. The van der Waals surface area contributed by atoms with E-state index in [0.717, 1.165) is 38.7 Å². The lowest BCUT2D eigenvalue weighted by Gasteiger charge is -2.36. The SMILES string of the molecule is CN=C(NCCN(C)C(C)C)N1CCOC(c2ccccc2C)C1. The number of benzene rings is 1. The van der Waals surface area contributed by atoms with Crippen molar-refractivity contribution in [3.8, 4) is 0 Å². The molecule has 1 heterocycles. The van der Waals surface area contributed by atoms with Crippen LogP contribution in [0.15, 0.2) is 29.3 Å². The maximum atomic E-state index is 6.01. The molecule has 0 aromatic heterocycles. The van der Waals surface area contributed by atoms with Gasteiger partial charge in [0.05, 0.1) is 13.2 Å². The predicted molar refractivity (Wildman–Crippen MR) is 101 cm³/mol. The van der Waals surface area contributed by atoms with Crippen molar-refractivity contribution in [1.82, 2.24) is 15.1 Å². The molecule has 0 spiro atoms. The van der Waals surface area contributed by atoms with E-state index in [2.05, 4.69) is 72.2 Å². The van der Waals surface area contributed by atoms with Crippen molar-refractivity contribution in [2.24, 2.45) is 4.99 Å². The van der Waals surface area contributed by atoms with E-state index in [0.29, 0.717) is 6.04 Å². The van der Waals surface area contributed by atoms with Crippen molar-refractivity contribution >= 4 is 5.96 Å². The molecule has 2 rings (SSSR count). The van der Waals surface area contributed by atoms with Crippen LogP contribution in [0.1, 0.15) is 31.1 Å². The van der Waals surface area contributed by atoms with Crippen molar-refractivity contribution in [2.75, 3.05) is 46.9 Å². The van der Waals surface area contributed by atoms with E-state index in [-0.39, 0.29) is 6.10 Å². The summed E-state index contributed by atoms with van der Waals surface area (Å²) in [7, 11) is 4.00. The Morgan fingerprint density at radius 2 is 2.17 bits per heavy atom. The third-order valence-electron chi connectivity index (χ3n) is 4.74. The standard InChI is InChI=1S/C19H32N4O/c1-15(2)22(5)11-10-21-19(20-4)23-12-13-24-18(14-23)17-9-7-6-8-16(17)3/h6-9,15,18H,10-14H2,1-5H3,(H,20,21). The number of aliphatic imine (C=N–C) groups is 1. The van der Waals surface area contributed by atoms with E-state index in [1.165, 1.54) is 11.1 Å². The normalized spacial score (nSPS) is 19.2. The van der Waals surface area contributed by atoms with Crippen LogP contribution in [0.3, 0.4) is 0 Å². The van der Waals surface area contributed by atoms with Gasteiger partial charge in [0, 0.05) is 32.7 Å². The first-order chi connectivity index (χ1) is 11.5. The summed E-state index contributed by atoms with van der Waals surface area (Å²) >= 11 is 0. The molecule has 1 saturated heterocycles. The molecule has 1 aromatic carbocycles. The van der Waals surface area contributed by atoms with Crippen molar-refractivity contribution in [3.63, 3.8) is 0 Å². The minimum Gasteiger partial charge on any atom is -0.370 e. The highest BCUT2D eigenvalue weighted by molar-refractivity contribution is 5.80. The predicted octanol–water partition coefficient (Wildman–Crippen LogP) is 2.28. The van der Waals surface area contributed by atoms with Crippen LogP contribution < -0.4 is 5.32 Å². The molecule has 1 N–H and O–H groups in total. The van der Waals surface area contributed by atoms with Gasteiger partial charge in [-0.1, -0.05) is 24.3 Å². The molecule has 134 valence electrons. The number of rotatable bonds is 5. The molecule has 0 amide bonds. The lowest BCUT2D eigenvalue weighted by Crippen LogP contribution is -2.49. The zero-order valence-electron chi connectivity index (χ0n) is 15.7. The van der Waals surface area contributed by atoms with Crippen molar-refractivity contribution in [1.29, 1.82) is 0 Å². The second kappa shape index (κ2) is 9.04. The number of nitrogens with zero attached hydrogens (tertiary/aromatic N) is 3. The fourth-order valence-corrected chi connectivity index (χ4v) is 2.91. The Morgan fingerprint density at radius 1 is 1.42 bits per heavy atom. The first kappa shape index (κ1) is 18.7. The summed E-state index contributed by atoms with van der Waals surface area (Å²) in [4.78, 5) is 9.09. The molecule has 1 atom stereocenters. The monoisotopic (exact) mass is 332 g/mol. The average molecular weight is 332 g/mol. The molecule has 0 radical (unpaired) electrons. The number of hydrogen-bond donors (Lipinski definition) is 1. The van der Waals surface area contributed by atoms with Gasteiger partial charge in [0.15, 0.2) is 5.96 Å². The summed E-state index contributed by atoms with van der Waals surface area (Å²) in [5.74, 6) is 0.967. The highest BCUT2D eigenvalue weighted by atomic mass is 16.5. The number of likely N-dealkylation sites (N-methyl/N-ethyl adjacent to an activating group) is 1. The van der Waals surface area contributed by atoms with Crippen LogP contribution >= 0.6 is 0 Å². The van der Waals surface area contributed by atoms with Crippen LogP contribution in [0, 0.1) is 6.92 Å². The first-order valence-corrected chi connectivity index (χ1v) is 8.86. The summed E-state index contributed by atoms with van der Waals surface area (Å²) in [5.41, 5.74) is 2.56. The average Bonchev–Trinajstić information content (AvgIpc) is 2.59. The van der Waals surface area contributed by atoms with Gasteiger partial charge >= 0.3 is 0 Å². The van der Waals surface area contributed by atoms with E-state index in [1.807, 2.05) is 7.05 Å². The minimum absolute atomic E-state index is 0.108. The Hall–Kier alpha value is -1.59. The number of aryl methyl sites for hydroxylation is 1. The van der Waals surface area contributed by atoms with Crippen molar-refractivity contribution in [2.45, 2.75) is 32.9 Å². The van der Waals surface area contributed by atoms with Gasteiger partial charge in [-0.05, 0) is 38.9 Å². The molecule has 0 bridgehead atoms. The Labute approximate surface area is 146 Å². The maximum absolute atomic E-state index is 6.01. The zero-order chi connectivity index (χ0) is 17.5. The topological polar surface area (TPSA) is 40.1 Å². The molecule has 0 aliphatic carbocycles. The number of nitrogens with one attached hydrogen (secondary N) is 1. The van der Waals surface area contributed by atoms with E-state index >= 15 is 0 Å². The highest BCUT2D eigenvalue weighted by Crippen LogP contribution is 2.24. The number of morpholine rings is 1. The summed E-state index contributed by atoms with van der Waals surface area (Å²) in [6.45, 7) is 10.9. The van der Waals surface area contributed by atoms with Gasteiger partial charge in [0.1, 0.15) is 6.10 Å². The lowest BCUT2D eigenvalue weighted by molar-refractivity contribution is -0.00833. The van der Waals surface area contributed by atoms with Crippen LogP contribution in [-0.2, 0) is 4.74 Å². The molecule has 1 aliphatic rings. The molecular weight excluding hydrogens is 300 g/mol. The Morgan fingerprint density at radius 3 is 2.83 bits per heavy atom. The Balaban J connectivity index is 1.93. The van der Waals surface area contributed by atoms with Crippen LogP contribution in [-0.4, -0.2) is 68.7 Å². The largest absolute Gasteiger partial charge is 0.370 e. The molecular formula is C19H32N4O. The van der Waals surface area contributed by atoms with Gasteiger partial charge in [-0.15, -0.1) is 0 Å². The highest BCUT2D eigenvalue weighted by Gasteiger charge is 2.25. The van der Waals surface area contributed by atoms with Gasteiger partial charge in [-0.25, -0.2) is 0 Å². The Kier molecular flexibility index (Phi) is 7.06. The maximum Gasteiger partial charge on any atom is 0.193 e. The molecule has 1 unspecified atom stereocenters. The van der Waals surface area contributed by atoms with Gasteiger partial charge in [-0.2, -0.15) is 0 Å². The molecule has 0 saturated carbocycles. The fraction of sp³-hybridized carbons (Fsp3) is 0.632. The lowest BCUT2D eigenvalue weighted by atomic mass is 10.0. The second-order valence-electron chi connectivity index (χ2n) is 6.71. The van der Waals surface area contributed by atoms with Crippen LogP contribution in [0.25, 0.3) is 0 Å². The van der Waals surface area contributed by atoms with Gasteiger partial charge in [0.25, 0.3) is 0 Å². The smallest absolute Gasteiger partial charge is 0.193 e.